The van der Waals surface area contributed by atoms with Crippen molar-refractivity contribution in [1.29, 1.82) is 0 Å². The number of hydrogen-bond donors (Lipinski definition) is 1. The molecular formula is C31H22O. The highest BCUT2D eigenvalue weighted by Crippen LogP contribution is 2.56. The third kappa shape index (κ3) is 2.32. The summed E-state index contributed by atoms with van der Waals surface area (Å²) in [6, 6.07) is 34.5. The number of fused-ring (bicyclic) bond motifs is 6. The molecule has 0 spiro atoms. The van der Waals surface area contributed by atoms with E-state index in [0.717, 1.165) is 29.5 Å². The third-order valence-corrected chi connectivity index (χ3v) is 7.27. The number of aryl methyl sites for hydroxylation is 2. The largest absolute Gasteiger partial charge is 0.384 e. The normalized spacial score (nSPS) is 15.7. The van der Waals surface area contributed by atoms with Gasteiger partial charge in [0.2, 0.25) is 0 Å². The smallest absolute Gasteiger partial charge is 0.106 e. The van der Waals surface area contributed by atoms with Crippen LogP contribution in [0, 0.1) is 0 Å². The Morgan fingerprint density at radius 2 is 1.25 bits per heavy atom. The van der Waals surface area contributed by atoms with Crippen LogP contribution in [0.3, 0.4) is 0 Å². The van der Waals surface area contributed by atoms with Crippen LogP contribution in [0.2, 0.25) is 0 Å². The van der Waals surface area contributed by atoms with Crippen molar-refractivity contribution < 1.29 is 5.11 Å². The predicted molar refractivity (Wildman–Crippen MR) is 132 cm³/mol. The average Bonchev–Trinajstić information content (AvgIpc) is 3.03. The average molecular weight is 411 g/mol. The van der Waals surface area contributed by atoms with Crippen LogP contribution in [-0.4, -0.2) is 5.11 Å². The van der Waals surface area contributed by atoms with Gasteiger partial charge in [-0.2, -0.15) is 0 Å². The molecule has 5 aromatic carbocycles. The highest BCUT2D eigenvalue weighted by molar-refractivity contribution is 6.16. The van der Waals surface area contributed by atoms with Crippen LogP contribution >= 0.6 is 0 Å². The number of aliphatic hydroxyl groups excluding tert-OH is 1. The minimum Gasteiger partial charge on any atom is -0.384 e. The fourth-order valence-electron chi connectivity index (χ4n) is 5.95. The first-order chi connectivity index (χ1) is 15.8. The second-order valence-corrected chi connectivity index (χ2v) is 8.89. The topological polar surface area (TPSA) is 20.2 Å². The summed E-state index contributed by atoms with van der Waals surface area (Å²) in [4.78, 5) is 0. The van der Waals surface area contributed by atoms with Crippen LogP contribution in [0.4, 0.5) is 0 Å². The highest BCUT2D eigenvalue weighted by atomic mass is 16.3. The lowest BCUT2D eigenvalue weighted by Gasteiger charge is -2.22. The maximum Gasteiger partial charge on any atom is 0.106 e. The number of benzene rings is 5. The van der Waals surface area contributed by atoms with Gasteiger partial charge in [-0.15, -0.1) is 0 Å². The van der Waals surface area contributed by atoms with E-state index in [9.17, 15) is 5.11 Å². The minimum atomic E-state index is -0.623. The molecule has 0 bridgehead atoms. The Hall–Kier alpha value is -3.68. The summed E-state index contributed by atoms with van der Waals surface area (Å²) < 4.78 is 0. The summed E-state index contributed by atoms with van der Waals surface area (Å²) in [6.07, 6.45) is 1.40. The Balaban J connectivity index is 1.76. The molecule has 0 heterocycles. The Labute approximate surface area is 187 Å². The Bertz CT molecular complexity index is 1530. The standard InChI is InChI=1S/C31H22O/c32-31-24-15-7-6-14-23(24)29-26(20-10-2-1-3-11-20)25-16-8-12-21-18-17-19-9-4-5-13-22(19)28(27(21)25)30(29)31/h1-16,31-32H,17-18H2. The summed E-state index contributed by atoms with van der Waals surface area (Å²) in [6.45, 7) is 0. The van der Waals surface area contributed by atoms with Gasteiger partial charge in [0.05, 0.1) is 0 Å². The molecule has 1 atom stereocenters. The van der Waals surface area contributed by atoms with Crippen LogP contribution < -0.4 is 0 Å². The zero-order chi connectivity index (χ0) is 21.2. The van der Waals surface area contributed by atoms with E-state index in [-0.39, 0.29) is 0 Å². The van der Waals surface area contributed by atoms with E-state index >= 15 is 0 Å². The van der Waals surface area contributed by atoms with Crippen LogP contribution in [-0.2, 0) is 12.8 Å². The first kappa shape index (κ1) is 17.9. The van der Waals surface area contributed by atoms with E-state index in [1.165, 1.54) is 49.7 Å². The van der Waals surface area contributed by atoms with Gasteiger partial charge < -0.3 is 5.11 Å². The lowest BCUT2D eigenvalue weighted by Crippen LogP contribution is -2.01. The Kier molecular flexibility index (Phi) is 3.73. The minimum absolute atomic E-state index is 0.623. The molecule has 7 rings (SSSR count). The summed E-state index contributed by atoms with van der Waals surface area (Å²) >= 11 is 0. The first-order valence-electron chi connectivity index (χ1n) is 11.4. The summed E-state index contributed by atoms with van der Waals surface area (Å²) in [5.74, 6) is 0. The van der Waals surface area contributed by atoms with Crippen LogP contribution in [0.1, 0.15) is 28.4 Å². The van der Waals surface area contributed by atoms with Crippen LogP contribution in [0.5, 0.6) is 0 Å². The lowest BCUT2D eigenvalue weighted by molar-refractivity contribution is 0.226. The molecule has 1 nitrogen and oxygen atoms in total. The summed E-state index contributed by atoms with van der Waals surface area (Å²) in [5, 5.41) is 14.3. The fraction of sp³-hybridized carbons (Fsp3) is 0.0968. The molecule has 2 aliphatic rings. The van der Waals surface area contributed by atoms with E-state index in [1.54, 1.807) is 0 Å². The quantitative estimate of drug-likeness (QED) is 0.307. The van der Waals surface area contributed by atoms with E-state index in [0.29, 0.717) is 0 Å². The summed E-state index contributed by atoms with van der Waals surface area (Å²) in [7, 11) is 0. The van der Waals surface area contributed by atoms with Crippen molar-refractivity contribution in [2.45, 2.75) is 18.9 Å². The van der Waals surface area contributed by atoms with E-state index in [1.807, 2.05) is 6.07 Å². The van der Waals surface area contributed by atoms with E-state index in [4.69, 9.17) is 0 Å². The first-order valence-corrected chi connectivity index (χ1v) is 11.4. The predicted octanol–water partition coefficient (Wildman–Crippen LogP) is 7.33. The van der Waals surface area contributed by atoms with Gasteiger partial charge in [-0.1, -0.05) is 97.1 Å². The molecule has 5 aromatic rings. The number of rotatable bonds is 1. The third-order valence-electron chi connectivity index (χ3n) is 7.27. The Morgan fingerprint density at radius 3 is 2.12 bits per heavy atom. The SMILES string of the molecule is OC1c2ccccc2-c2c1c1c3c(cccc3c2-c2ccccc2)CCc2ccccc2-1. The Morgan fingerprint density at radius 1 is 0.562 bits per heavy atom. The van der Waals surface area contributed by atoms with Crippen molar-refractivity contribution in [3.8, 4) is 33.4 Å². The van der Waals surface area contributed by atoms with Gasteiger partial charge in [-0.05, 0) is 73.7 Å². The van der Waals surface area contributed by atoms with Gasteiger partial charge in [-0.3, -0.25) is 0 Å². The molecule has 1 N–H and O–H groups in total. The fourth-order valence-corrected chi connectivity index (χ4v) is 5.95. The summed E-state index contributed by atoms with van der Waals surface area (Å²) in [5.41, 5.74) is 12.1. The van der Waals surface area contributed by atoms with Gasteiger partial charge in [0.1, 0.15) is 6.10 Å². The highest BCUT2D eigenvalue weighted by Gasteiger charge is 2.35. The molecule has 152 valence electrons. The molecular weight excluding hydrogens is 388 g/mol. The van der Waals surface area contributed by atoms with Gasteiger partial charge in [0, 0.05) is 5.56 Å². The van der Waals surface area contributed by atoms with Crippen molar-refractivity contribution in [2.24, 2.45) is 0 Å². The van der Waals surface area contributed by atoms with Gasteiger partial charge in [-0.25, -0.2) is 0 Å². The molecule has 32 heavy (non-hydrogen) atoms. The maximum atomic E-state index is 11.7. The molecule has 0 aliphatic heterocycles. The lowest BCUT2D eigenvalue weighted by atomic mass is 9.82. The molecule has 0 saturated carbocycles. The molecule has 1 heteroatoms. The number of aliphatic hydroxyl groups is 1. The second-order valence-electron chi connectivity index (χ2n) is 8.89. The van der Waals surface area contributed by atoms with Crippen molar-refractivity contribution >= 4 is 10.8 Å². The van der Waals surface area contributed by atoms with Gasteiger partial charge >= 0.3 is 0 Å². The van der Waals surface area contributed by atoms with Crippen molar-refractivity contribution in [3.05, 3.63) is 119 Å². The number of hydrogen-bond acceptors (Lipinski definition) is 1. The van der Waals surface area contributed by atoms with Crippen LogP contribution in [0.15, 0.2) is 97.1 Å². The van der Waals surface area contributed by atoms with Crippen LogP contribution in [0.25, 0.3) is 44.2 Å². The zero-order valence-electron chi connectivity index (χ0n) is 17.7. The molecule has 1 unspecified atom stereocenters. The van der Waals surface area contributed by atoms with Gasteiger partial charge in [0.15, 0.2) is 0 Å². The monoisotopic (exact) mass is 410 g/mol. The van der Waals surface area contributed by atoms with Crippen molar-refractivity contribution in [2.75, 3.05) is 0 Å². The molecule has 0 radical (unpaired) electrons. The van der Waals surface area contributed by atoms with E-state index < -0.39 is 6.10 Å². The second kappa shape index (κ2) is 6.66. The zero-order valence-corrected chi connectivity index (χ0v) is 17.7. The molecule has 2 aliphatic carbocycles. The van der Waals surface area contributed by atoms with Crippen molar-refractivity contribution in [1.82, 2.24) is 0 Å². The molecule has 0 fully saturated rings. The molecule has 0 aromatic heterocycles. The molecule has 0 amide bonds. The molecule has 0 saturated heterocycles. The van der Waals surface area contributed by atoms with E-state index in [2.05, 4.69) is 91.0 Å². The maximum absolute atomic E-state index is 11.7. The van der Waals surface area contributed by atoms with Gasteiger partial charge in [0.25, 0.3) is 0 Å². The van der Waals surface area contributed by atoms with Crippen molar-refractivity contribution in [3.63, 3.8) is 0 Å².